The topological polar surface area (TPSA) is 101 Å². The number of hydrogen-bond acceptors (Lipinski definition) is 6. The predicted molar refractivity (Wildman–Crippen MR) is 97.0 cm³/mol. The molecule has 0 unspecified atom stereocenters. The zero-order valence-corrected chi connectivity index (χ0v) is 15.1. The van der Waals surface area contributed by atoms with Gasteiger partial charge in [0.25, 0.3) is 11.3 Å². The number of anilines is 1. The van der Waals surface area contributed by atoms with E-state index in [1.165, 1.54) is 16.6 Å². The lowest BCUT2D eigenvalue weighted by Gasteiger charge is -2.04. The number of hydrogen-bond donors (Lipinski definition) is 2. The normalized spacial score (nSPS) is 10.9. The van der Waals surface area contributed by atoms with Crippen molar-refractivity contribution in [1.82, 2.24) is 19.6 Å². The van der Waals surface area contributed by atoms with Crippen LogP contribution in [0.25, 0.3) is 5.78 Å². The van der Waals surface area contributed by atoms with Gasteiger partial charge in [-0.2, -0.15) is 9.50 Å². The molecule has 0 saturated heterocycles. The fraction of sp³-hybridized carbons (Fsp3) is 0.333. The molecule has 2 heterocycles. The summed E-state index contributed by atoms with van der Waals surface area (Å²) in [5.41, 5.74) is 1.42. The summed E-state index contributed by atoms with van der Waals surface area (Å²) in [5.74, 6) is 0.0974. The lowest BCUT2D eigenvalue weighted by molar-refractivity contribution is -0.143. The standard InChI is InChI=1S/C18H20FN5O3/c1-3-27-16(25)9-8-14-11(2)21-18-22-15(23-24(18)17(14)26)10-20-13-6-4-12(19)5-7-13/h4-7,20H,3,8-10H2,1-2H3,(H,21,22,23). The van der Waals surface area contributed by atoms with Gasteiger partial charge in [-0.3, -0.25) is 14.7 Å². The van der Waals surface area contributed by atoms with Gasteiger partial charge in [0.15, 0.2) is 0 Å². The molecule has 0 amide bonds. The van der Waals surface area contributed by atoms with E-state index < -0.39 is 0 Å². The maximum Gasteiger partial charge on any atom is 0.306 e. The molecule has 0 radical (unpaired) electrons. The van der Waals surface area contributed by atoms with Gasteiger partial charge in [0.2, 0.25) is 0 Å². The third-order valence-electron chi connectivity index (χ3n) is 4.03. The Morgan fingerprint density at radius 2 is 2.04 bits per heavy atom. The molecule has 0 aliphatic heterocycles. The van der Waals surface area contributed by atoms with Crippen LogP contribution in [0.5, 0.6) is 0 Å². The fourth-order valence-corrected chi connectivity index (χ4v) is 2.68. The number of aromatic amines is 1. The minimum atomic E-state index is -0.352. The Morgan fingerprint density at radius 1 is 1.30 bits per heavy atom. The number of carbonyl (C=O) groups is 1. The predicted octanol–water partition coefficient (Wildman–Crippen LogP) is 1.97. The second-order valence-corrected chi connectivity index (χ2v) is 5.95. The molecule has 0 spiro atoms. The molecule has 3 rings (SSSR count). The smallest absolute Gasteiger partial charge is 0.306 e. The van der Waals surface area contributed by atoms with E-state index in [2.05, 4.69) is 20.4 Å². The largest absolute Gasteiger partial charge is 0.466 e. The van der Waals surface area contributed by atoms with Crippen molar-refractivity contribution in [3.8, 4) is 0 Å². The van der Waals surface area contributed by atoms with Crippen LogP contribution < -0.4 is 10.9 Å². The number of aromatic nitrogens is 4. The number of nitrogens with zero attached hydrogens (tertiary/aromatic N) is 3. The molecule has 0 atom stereocenters. The van der Waals surface area contributed by atoms with Crippen molar-refractivity contribution in [3.63, 3.8) is 0 Å². The van der Waals surface area contributed by atoms with Gasteiger partial charge in [0, 0.05) is 17.7 Å². The van der Waals surface area contributed by atoms with Crippen LogP contribution in [-0.2, 0) is 22.5 Å². The molecule has 0 saturated carbocycles. The molecule has 0 bridgehead atoms. The summed E-state index contributed by atoms with van der Waals surface area (Å²) in [6, 6.07) is 5.93. The number of carbonyl (C=O) groups excluding carboxylic acids is 1. The molecular weight excluding hydrogens is 353 g/mol. The third kappa shape index (κ3) is 4.30. The van der Waals surface area contributed by atoms with Crippen molar-refractivity contribution in [2.24, 2.45) is 0 Å². The lowest BCUT2D eigenvalue weighted by Crippen LogP contribution is -2.23. The third-order valence-corrected chi connectivity index (χ3v) is 4.03. The number of ether oxygens (including phenoxy) is 1. The summed E-state index contributed by atoms with van der Waals surface area (Å²) in [6.07, 6.45) is 0.367. The highest BCUT2D eigenvalue weighted by atomic mass is 19.1. The number of nitrogens with one attached hydrogen (secondary N) is 2. The monoisotopic (exact) mass is 373 g/mol. The zero-order chi connectivity index (χ0) is 19.4. The van der Waals surface area contributed by atoms with Crippen LogP contribution in [0.4, 0.5) is 10.1 Å². The van der Waals surface area contributed by atoms with Gasteiger partial charge in [0.05, 0.1) is 18.8 Å². The Labute approximate surface area is 154 Å². The van der Waals surface area contributed by atoms with Crippen molar-refractivity contribution in [2.75, 3.05) is 11.9 Å². The average molecular weight is 373 g/mol. The van der Waals surface area contributed by atoms with Crippen molar-refractivity contribution in [2.45, 2.75) is 33.2 Å². The van der Waals surface area contributed by atoms with Gasteiger partial charge < -0.3 is 10.1 Å². The minimum Gasteiger partial charge on any atom is -0.466 e. The van der Waals surface area contributed by atoms with E-state index >= 15 is 0 Å². The zero-order valence-electron chi connectivity index (χ0n) is 15.1. The Bertz CT molecular complexity index is 1010. The number of aryl methyl sites for hydroxylation is 1. The van der Waals surface area contributed by atoms with Crippen molar-refractivity contribution >= 4 is 17.4 Å². The first-order chi connectivity index (χ1) is 13.0. The van der Waals surface area contributed by atoms with Crippen LogP contribution in [0.15, 0.2) is 29.1 Å². The highest BCUT2D eigenvalue weighted by molar-refractivity contribution is 5.69. The lowest BCUT2D eigenvalue weighted by atomic mass is 10.1. The maximum absolute atomic E-state index is 12.9. The first kappa shape index (κ1) is 18.6. The van der Waals surface area contributed by atoms with Crippen LogP contribution in [0.2, 0.25) is 0 Å². The quantitative estimate of drug-likeness (QED) is 0.614. The van der Waals surface area contributed by atoms with Gasteiger partial charge in [-0.05, 0) is 44.5 Å². The molecule has 0 aliphatic carbocycles. The van der Waals surface area contributed by atoms with Crippen LogP contribution in [0.3, 0.4) is 0 Å². The number of fused-ring (bicyclic) bond motifs is 1. The SMILES string of the molecule is CCOC(=O)CCc1c(C)nc2nc(CNc3ccc(F)cc3)[nH]n2c1=O. The van der Waals surface area contributed by atoms with Crippen molar-refractivity contribution < 1.29 is 13.9 Å². The number of halogens is 1. The Balaban J connectivity index is 1.78. The van der Waals surface area contributed by atoms with E-state index in [4.69, 9.17) is 4.74 Å². The number of benzene rings is 1. The van der Waals surface area contributed by atoms with Crippen molar-refractivity contribution in [1.29, 1.82) is 0 Å². The summed E-state index contributed by atoms with van der Waals surface area (Å²) in [4.78, 5) is 32.9. The Hall–Kier alpha value is -3.23. The van der Waals surface area contributed by atoms with Gasteiger partial charge in [-0.15, -0.1) is 0 Å². The number of esters is 1. The molecule has 27 heavy (non-hydrogen) atoms. The molecule has 142 valence electrons. The van der Waals surface area contributed by atoms with Gasteiger partial charge in [-0.1, -0.05) is 0 Å². The molecule has 2 N–H and O–H groups in total. The molecule has 8 nitrogen and oxygen atoms in total. The second kappa shape index (κ2) is 7.98. The summed E-state index contributed by atoms with van der Waals surface area (Å²) < 4.78 is 19.1. The number of H-pyrrole nitrogens is 1. The fourth-order valence-electron chi connectivity index (χ4n) is 2.68. The van der Waals surface area contributed by atoms with E-state index in [1.807, 2.05) is 0 Å². The molecule has 1 aromatic carbocycles. The Kier molecular flexibility index (Phi) is 5.49. The van der Waals surface area contributed by atoms with Crippen LogP contribution >= 0.6 is 0 Å². The molecule has 2 aromatic heterocycles. The Morgan fingerprint density at radius 3 is 2.74 bits per heavy atom. The summed E-state index contributed by atoms with van der Waals surface area (Å²) >= 11 is 0. The number of rotatable bonds is 7. The summed E-state index contributed by atoms with van der Waals surface area (Å²) in [7, 11) is 0. The van der Waals surface area contributed by atoms with Crippen molar-refractivity contribution in [3.05, 3.63) is 57.5 Å². The van der Waals surface area contributed by atoms with E-state index in [-0.39, 0.29) is 36.0 Å². The van der Waals surface area contributed by atoms with Crippen LogP contribution in [-0.4, -0.2) is 32.2 Å². The molecule has 9 heteroatoms. The minimum absolute atomic E-state index is 0.116. The van der Waals surface area contributed by atoms with Gasteiger partial charge in [0.1, 0.15) is 11.6 Å². The highest BCUT2D eigenvalue weighted by Gasteiger charge is 2.15. The van der Waals surface area contributed by atoms with E-state index in [0.717, 1.165) is 5.69 Å². The summed E-state index contributed by atoms with van der Waals surface area (Å²) in [5, 5.41) is 5.99. The molecule has 0 aliphatic rings. The maximum atomic E-state index is 12.9. The van der Waals surface area contributed by atoms with E-state index in [0.29, 0.717) is 30.2 Å². The molecular formula is C18H20FN5O3. The molecule has 3 aromatic rings. The van der Waals surface area contributed by atoms with E-state index in [1.54, 1.807) is 26.0 Å². The van der Waals surface area contributed by atoms with Gasteiger partial charge >= 0.3 is 5.97 Å². The first-order valence-electron chi connectivity index (χ1n) is 8.60. The first-order valence-corrected chi connectivity index (χ1v) is 8.60. The molecule has 0 fully saturated rings. The summed E-state index contributed by atoms with van der Waals surface area (Å²) in [6.45, 7) is 4.06. The average Bonchev–Trinajstić information content (AvgIpc) is 3.04. The van der Waals surface area contributed by atoms with Crippen LogP contribution in [0.1, 0.15) is 30.4 Å². The highest BCUT2D eigenvalue weighted by Crippen LogP contribution is 2.10. The van der Waals surface area contributed by atoms with Gasteiger partial charge in [-0.25, -0.2) is 9.37 Å². The van der Waals surface area contributed by atoms with E-state index in [9.17, 15) is 14.0 Å². The van der Waals surface area contributed by atoms with Crippen LogP contribution in [0, 0.1) is 12.7 Å². The second-order valence-electron chi connectivity index (χ2n) is 5.95.